The Kier molecular flexibility index (Phi) is 6.50. The number of nitrogens with zero attached hydrogens (tertiary/aromatic N) is 3. The van der Waals surface area contributed by atoms with Gasteiger partial charge in [0.2, 0.25) is 0 Å². The summed E-state index contributed by atoms with van der Waals surface area (Å²) in [7, 11) is 0. The molecule has 1 aromatic heterocycles. The quantitative estimate of drug-likeness (QED) is 0.591. The van der Waals surface area contributed by atoms with E-state index in [2.05, 4.69) is 20.4 Å². The summed E-state index contributed by atoms with van der Waals surface area (Å²) in [5.41, 5.74) is 0.0892. The lowest BCUT2D eigenvalue weighted by molar-refractivity contribution is -0.137. The molecule has 0 bridgehead atoms. The van der Waals surface area contributed by atoms with Gasteiger partial charge in [0.25, 0.3) is 0 Å². The molecule has 2 aliphatic heterocycles. The first-order chi connectivity index (χ1) is 16.3. The van der Waals surface area contributed by atoms with Crippen LogP contribution in [0.5, 0.6) is 0 Å². The van der Waals surface area contributed by atoms with Crippen molar-refractivity contribution >= 4 is 5.82 Å². The van der Waals surface area contributed by atoms with Crippen molar-refractivity contribution < 1.29 is 22.3 Å². The van der Waals surface area contributed by atoms with Gasteiger partial charge in [-0.3, -0.25) is 0 Å². The molecule has 5 rings (SSSR count). The fourth-order valence-corrected chi connectivity index (χ4v) is 5.81. The third-order valence-electron chi connectivity index (χ3n) is 7.48. The minimum Gasteiger partial charge on any atom is -0.377 e. The van der Waals surface area contributed by atoms with Crippen LogP contribution < -0.4 is 5.32 Å². The van der Waals surface area contributed by atoms with Crippen LogP contribution in [0.3, 0.4) is 0 Å². The number of benzene rings is 1. The van der Waals surface area contributed by atoms with Crippen molar-refractivity contribution in [3.05, 3.63) is 41.2 Å². The van der Waals surface area contributed by atoms with E-state index in [1.165, 1.54) is 24.6 Å². The number of halogens is 4. The second-order valence-electron chi connectivity index (χ2n) is 9.99. The number of rotatable bonds is 5. The molecule has 3 heterocycles. The van der Waals surface area contributed by atoms with E-state index in [9.17, 15) is 17.6 Å². The monoisotopic (exact) mass is 478 g/mol. The first-order valence-corrected chi connectivity index (χ1v) is 12.1. The summed E-state index contributed by atoms with van der Waals surface area (Å²) >= 11 is 0. The predicted molar refractivity (Wildman–Crippen MR) is 121 cm³/mol. The standard InChI is InChI=1S/C25H30F4N4O/c1-15-5-6-18(26)10-21(15)23-11-22(25(27,28)29)24(32-31-23)30-19-8-16-12-33(13-17(16)9-19)14-20-4-2-3-7-34-20/h5-6,10-11,16-17,19-20H,2-4,7-9,12-14H2,1H3,(H,30,32)/t16-,17-,20+/m1/s1. The van der Waals surface area contributed by atoms with Gasteiger partial charge in [-0.15, -0.1) is 10.2 Å². The highest BCUT2D eigenvalue weighted by Gasteiger charge is 2.43. The lowest BCUT2D eigenvalue weighted by atomic mass is 10.0. The van der Waals surface area contributed by atoms with Gasteiger partial charge in [0.15, 0.2) is 5.82 Å². The molecule has 1 aromatic carbocycles. The van der Waals surface area contributed by atoms with Crippen molar-refractivity contribution in [3.8, 4) is 11.3 Å². The zero-order chi connectivity index (χ0) is 23.9. The number of anilines is 1. The molecule has 0 spiro atoms. The second kappa shape index (κ2) is 9.41. The normalized spacial score (nSPS) is 26.1. The summed E-state index contributed by atoms with van der Waals surface area (Å²) in [5, 5.41) is 11.0. The maximum absolute atomic E-state index is 13.9. The molecule has 2 saturated heterocycles. The number of nitrogens with one attached hydrogen (secondary N) is 1. The molecule has 1 aliphatic carbocycles. The predicted octanol–water partition coefficient (Wildman–Crippen LogP) is 5.30. The summed E-state index contributed by atoms with van der Waals surface area (Å²) < 4.78 is 61.3. The number of aromatic nitrogens is 2. The zero-order valence-corrected chi connectivity index (χ0v) is 19.2. The van der Waals surface area contributed by atoms with Crippen molar-refractivity contribution in [1.29, 1.82) is 0 Å². The Hall–Kier alpha value is -2.26. The zero-order valence-electron chi connectivity index (χ0n) is 19.2. The number of ether oxygens (including phenoxy) is 1. The molecule has 5 nitrogen and oxygen atoms in total. The number of likely N-dealkylation sites (tertiary alicyclic amines) is 1. The largest absolute Gasteiger partial charge is 0.420 e. The maximum Gasteiger partial charge on any atom is 0.420 e. The second-order valence-corrected chi connectivity index (χ2v) is 9.99. The minimum absolute atomic E-state index is 0.0127. The van der Waals surface area contributed by atoms with Crippen molar-refractivity contribution in [2.75, 3.05) is 31.6 Å². The summed E-state index contributed by atoms with van der Waals surface area (Å²) in [4.78, 5) is 2.46. The number of hydrogen-bond donors (Lipinski definition) is 1. The van der Waals surface area contributed by atoms with E-state index in [1.54, 1.807) is 6.92 Å². The van der Waals surface area contributed by atoms with Crippen molar-refractivity contribution in [2.45, 2.75) is 57.3 Å². The fraction of sp³-hybridized carbons (Fsp3) is 0.600. The Morgan fingerprint density at radius 1 is 1.09 bits per heavy atom. The van der Waals surface area contributed by atoms with Crippen LogP contribution in [0.4, 0.5) is 23.4 Å². The Morgan fingerprint density at radius 3 is 2.53 bits per heavy atom. The lowest BCUT2D eigenvalue weighted by Crippen LogP contribution is -2.35. The van der Waals surface area contributed by atoms with Gasteiger partial charge in [-0.1, -0.05) is 6.07 Å². The smallest absolute Gasteiger partial charge is 0.377 e. The average Bonchev–Trinajstić information content (AvgIpc) is 3.33. The van der Waals surface area contributed by atoms with Gasteiger partial charge in [0.05, 0.1) is 11.8 Å². The minimum atomic E-state index is -4.60. The van der Waals surface area contributed by atoms with Gasteiger partial charge in [-0.2, -0.15) is 13.2 Å². The average molecular weight is 479 g/mol. The van der Waals surface area contributed by atoms with Crippen LogP contribution in [0, 0.1) is 24.6 Å². The number of aryl methyl sites for hydroxylation is 1. The van der Waals surface area contributed by atoms with Gasteiger partial charge < -0.3 is 15.0 Å². The van der Waals surface area contributed by atoms with Crippen molar-refractivity contribution in [3.63, 3.8) is 0 Å². The maximum atomic E-state index is 13.9. The molecule has 0 unspecified atom stereocenters. The van der Waals surface area contributed by atoms with E-state index < -0.39 is 17.6 Å². The van der Waals surface area contributed by atoms with E-state index >= 15 is 0 Å². The van der Waals surface area contributed by atoms with Crippen LogP contribution in [-0.2, 0) is 10.9 Å². The first kappa shape index (κ1) is 23.5. The third-order valence-corrected chi connectivity index (χ3v) is 7.48. The van der Waals surface area contributed by atoms with Gasteiger partial charge in [0, 0.05) is 37.8 Å². The Labute approximate surface area is 196 Å². The van der Waals surface area contributed by atoms with Crippen molar-refractivity contribution in [1.82, 2.24) is 15.1 Å². The number of alkyl halides is 3. The number of fused-ring (bicyclic) bond motifs is 1. The molecule has 0 amide bonds. The van der Waals surface area contributed by atoms with Crippen LogP contribution >= 0.6 is 0 Å². The molecule has 2 aromatic rings. The van der Waals surface area contributed by atoms with Crippen LogP contribution in [-0.4, -0.2) is 53.5 Å². The Morgan fingerprint density at radius 2 is 1.85 bits per heavy atom. The van der Waals surface area contributed by atoms with Gasteiger partial charge in [-0.05, 0) is 74.6 Å². The molecule has 34 heavy (non-hydrogen) atoms. The molecule has 1 saturated carbocycles. The Bertz CT molecular complexity index is 1010. The summed E-state index contributed by atoms with van der Waals surface area (Å²) in [6.07, 6.45) is 0.816. The van der Waals surface area contributed by atoms with Gasteiger partial charge >= 0.3 is 6.18 Å². The highest BCUT2D eigenvalue weighted by atomic mass is 19.4. The summed E-state index contributed by atoms with van der Waals surface area (Å²) in [6.45, 7) is 5.45. The van der Waals surface area contributed by atoms with E-state index in [0.717, 1.165) is 58.0 Å². The molecule has 184 valence electrons. The van der Waals surface area contributed by atoms with E-state index in [1.807, 2.05) is 0 Å². The topological polar surface area (TPSA) is 50.3 Å². The van der Waals surface area contributed by atoms with Crippen LogP contribution in [0.2, 0.25) is 0 Å². The van der Waals surface area contributed by atoms with E-state index in [4.69, 9.17) is 4.74 Å². The first-order valence-electron chi connectivity index (χ1n) is 12.1. The Balaban J connectivity index is 1.26. The molecule has 1 N–H and O–H groups in total. The molecule has 3 atom stereocenters. The summed E-state index contributed by atoms with van der Waals surface area (Å²) in [5.74, 6) is 0.165. The lowest BCUT2D eigenvalue weighted by Gasteiger charge is -2.28. The van der Waals surface area contributed by atoms with Crippen LogP contribution in [0.25, 0.3) is 11.3 Å². The van der Waals surface area contributed by atoms with Crippen molar-refractivity contribution in [2.24, 2.45) is 11.8 Å². The van der Waals surface area contributed by atoms with Crippen LogP contribution in [0.15, 0.2) is 24.3 Å². The van der Waals surface area contributed by atoms with E-state index in [-0.39, 0.29) is 17.6 Å². The molecule has 9 heteroatoms. The van der Waals surface area contributed by atoms with Crippen LogP contribution in [0.1, 0.15) is 43.2 Å². The van der Waals surface area contributed by atoms with Gasteiger partial charge in [-0.25, -0.2) is 4.39 Å². The van der Waals surface area contributed by atoms with E-state index in [0.29, 0.717) is 29.1 Å². The highest BCUT2D eigenvalue weighted by Crippen LogP contribution is 2.41. The molecular weight excluding hydrogens is 448 g/mol. The molecule has 3 aliphatic rings. The SMILES string of the molecule is Cc1ccc(F)cc1-c1cc(C(F)(F)F)c(NC2C[C@@H]3CN(C[C@@H]4CCCCO4)C[C@H]3C2)nn1. The number of hydrogen-bond acceptors (Lipinski definition) is 5. The summed E-state index contributed by atoms with van der Waals surface area (Å²) in [6, 6.07) is 4.88. The van der Waals surface area contributed by atoms with Gasteiger partial charge in [0.1, 0.15) is 11.4 Å². The fourth-order valence-electron chi connectivity index (χ4n) is 5.81. The molecule has 3 fully saturated rings. The molecule has 0 radical (unpaired) electrons. The third kappa shape index (κ3) is 5.05. The molecular formula is C25H30F4N4O. The highest BCUT2D eigenvalue weighted by molar-refractivity contribution is 5.65.